The fraction of sp³-hybridized carbons (Fsp3) is 0.375. The maximum Gasteiger partial charge on any atom is 0.314 e. The monoisotopic (exact) mass is 498 g/mol. The Balaban J connectivity index is 1.28. The lowest BCUT2D eigenvalue weighted by atomic mass is 10.1. The second-order valence-electron chi connectivity index (χ2n) is 8.84. The van der Waals surface area contributed by atoms with E-state index in [0.717, 1.165) is 26.2 Å². The molecule has 5 rings (SSSR count). The van der Waals surface area contributed by atoms with Crippen LogP contribution >= 0.6 is 0 Å². The number of hydrogen-bond acceptors (Lipinski definition) is 8. The number of aromatic nitrogens is 6. The number of pyridine rings is 1. The standard InChI is InChI=1S/C24H25F3N8O/c1-15(2)33-8-10-34(11-9-33)20-5-3-4-18(21(20)25)19-14-35(32-29-19)13-17-7-6-16(12-28-17)23-30-31-24(36-23)22(26)27/h3-7,12,14-15,22H,8-11,13H2,1-2H3. The van der Waals surface area contributed by atoms with Crippen molar-refractivity contribution in [3.63, 3.8) is 0 Å². The van der Waals surface area contributed by atoms with Crippen molar-refractivity contribution in [1.29, 1.82) is 0 Å². The Morgan fingerprint density at radius 1 is 1.00 bits per heavy atom. The van der Waals surface area contributed by atoms with Crippen LogP contribution in [-0.4, -0.2) is 67.3 Å². The fourth-order valence-corrected chi connectivity index (χ4v) is 4.19. The van der Waals surface area contributed by atoms with E-state index in [0.29, 0.717) is 34.2 Å². The first-order valence-corrected chi connectivity index (χ1v) is 11.6. The molecule has 9 nitrogen and oxygen atoms in total. The van der Waals surface area contributed by atoms with Crippen molar-refractivity contribution in [3.8, 4) is 22.7 Å². The van der Waals surface area contributed by atoms with Gasteiger partial charge in [-0.3, -0.25) is 9.88 Å². The highest BCUT2D eigenvalue weighted by molar-refractivity contribution is 5.66. The van der Waals surface area contributed by atoms with Crippen LogP contribution in [0.5, 0.6) is 0 Å². The average Bonchev–Trinajstić information content (AvgIpc) is 3.55. The zero-order chi connectivity index (χ0) is 25.2. The Morgan fingerprint density at radius 2 is 1.81 bits per heavy atom. The van der Waals surface area contributed by atoms with Crippen molar-refractivity contribution in [2.45, 2.75) is 32.9 Å². The van der Waals surface area contributed by atoms with Gasteiger partial charge in [-0.05, 0) is 38.1 Å². The van der Waals surface area contributed by atoms with Gasteiger partial charge in [0.15, 0.2) is 5.82 Å². The summed E-state index contributed by atoms with van der Waals surface area (Å²) in [7, 11) is 0. The van der Waals surface area contributed by atoms with E-state index in [1.807, 2.05) is 6.07 Å². The van der Waals surface area contributed by atoms with Gasteiger partial charge >= 0.3 is 6.43 Å². The Kier molecular flexibility index (Phi) is 6.68. The molecule has 0 bridgehead atoms. The minimum atomic E-state index is -2.83. The van der Waals surface area contributed by atoms with Gasteiger partial charge in [-0.15, -0.1) is 15.3 Å². The predicted octanol–water partition coefficient (Wildman–Crippen LogP) is 4.05. The molecule has 4 heterocycles. The number of halogens is 3. The molecule has 12 heteroatoms. The minimum absolute atomic E-state index is 0.0339. The summed E-state index contributed by atoms with van der Waals surface area (Å²) in [6.07, 6.45) is 0.292. The van der Waals surface area contributed by atoms with Crippen LogP contribution in [-0.2, 0) is 6.54 Å². The minimum Gasteiger partial charge on any atom is -0.415 e. The first kappa shape index (κ1) is 23.9. The molecule has 0 saturated carbocycles. The van der Waals surface area contributed by atoms with E-state index in [9.17, 15) is 8.78 Å². The van der Waals surface area contributed by atoms with Crippen molar-refractivity contribution in [3.05, 3.63) is 60.1 Å². The van der Waals surface area contributed by atoms with Gasteiger partial charge < -0.3 is 9.32 Å². The third-order valence-corrected chi connectivity index (χ3v) is 6.20. The number of piperazine rings is 1. The Hall–Kier alpha value is -3.80. The number of rotatable bonds is 7. The molecule has 1 saturated heterocycles. The predicted molar refractivity (Wildman–Crippen MR) is 126 cm³/mol. The molecule has 1 fully saturated rings. The molecule has 1 aromatic carbocycles. The van der Waals surface area contributed by atoms with Crippen LogP contribution in [0.25, 0.3) is 22.7 Å². The molecule has 1 aliphatic rings. The number of benzene rings is 1. The van der Waals surface area contributed by atoms with Crippen LogP contribution < -0.4 is 4.90 Å². The van der Waals surface area contributed by atoms with Crippen LogP contribution in [0.3, 0.4) is 0 Å². The van der Waals surface area contributed by atoms with Crippen LogP contribution in [0.2, 0.25) is 0 Å². The first-order valence-electron chi connectivity index (χ1n) is 11.6. The molecule has 36 heavy (non-hydrogen) atoms. The zero-order valence-electron chi connectivity index (χ0n) is 19.9. The number of hydrogen-bond donors (Lipinski definition) is 0. The van der Waals surface area contributed by atoms with Gasteiger partial charge in [-0.1, -0.05) is 11.3 Å². The number of nitrogens with zero attached hydrogens (tertiary/aromatic N) is 8. The van der Waals surface area contributed by atoms with Gasteiger partial charge in [0.05, 0.1) is 29.7 Å². The third kappa shape index (κ3) is 4.94. The summed E-state index contributed by atoms with van der Waals surface area (Å²) in [5.41, 5.74) is 2.45. The fourth-order valence-electron chi connectivity index (χ4n) is 4.19. The summed E-state index contributed by atoms with van der Waals surface area (Å²) >= 11 is 0. The summed E-state index contributed by atoms with van der Waals surface area (Å²) in [4.78, 5) is 8.76. The van der Waals surface area contributed by atoms with Crippen molar-refractivity contribution in [1.82, 2.24) is 35.1 Å². The molecule has 0 aliphatic carbocycles. The lowest BCUT2D eigenvalue weighted by Crippen LogP contribution is -2.49. The van der Waals surface area contributed by atoms with Gasteiger partial charge in [-0.25, -0.2) is 9.07 Å². The number of anilines is 1. The van der Waals surface area contributed by atoms with E-state index < -0.39 is 12.3 Å². The molecule has 0 N–H and O–H groups in total. The second kappa shape index (κ2) is 10.1. The van der Waals surface area contributed by atoms with Gasteiger partial charge in [0.1, 0.15) is 5.69 Å². The quantitative estimate of drug-likeness (QED) is 0.377. The van der Waals surface area contributed by atoms with Gasteiger partial charge in [0.2, 0.25) is 5.89 Å². The number of alkyl halides is 2. The molecule has 0 unspecified atom stereocenters. The van der Waals surface area contributed by atoms with Crippen molar-refractivity contribution >= 4 is 5.69 Å². The topological polar surface area (TPSA) is 89.0 Å². The van der Waals surface area contributed by atoms with Crippen molar-refractivity contribution in [2.24, 2.45) is 0 Å². The van der Waals surface area contributed by atoms with E-state index in [2.05, 4.69) is 49.1 Å². The molecule has 0 radical (unpaired) electrons. The van der Waals surface area contributed by atoms with Crippen LogP contribution in [0, 0.1) is 5.82 Å². The highest BCUT2D eigenvalue weighted by atomic mass is 19.3. The van der Waals surface area contributed by atoms with Crippen molar-refractivity contribution < 1.29 is 17.6 Å². The third-order valence-electron chi connectivity index (χ3n) is 6.20. The molecular weight excluding hydrogens is 473 g/mol. The lowest BCUT2D eigenvalue weighted by Gasteiger charge is -2.38. The maximum absolute atomic E-state index is 15.5. The van der Waals surface area contributed by atoms with Crippen LogP contribution in [0.4, 0.5) is 18.9 Å². The summed E-state index contributed by atoms with van der Waals surface area (Å²) in [5.74, 6) is -1.08. The van der Waals surface area contributed by atoms with Gasteiger partial charge in [0, 0.05) is 44.0 Å². The summed E-state index contributed by atoms with van der Waals surface area (Å²) in [6, 6.07) is 9.14. The highest BCUT2D eigenvalue weighted by Gasteiger charge is 2.23. The van der Waals surface area contributed by atoms with Crippen molar-refractivity contribution in [2.75, 3.05) is 31.1 Å². The molecule has 1 aliphatic heterocycles. The lowest BCUT2D eigenvalue weighted by molar-refractivity contribution is 0.116. The van der Waals surface area contributed by atoms with E-state index in [4.69, 9.17) is 4.42 Å². The molecular formula is C24H25F3N8O. The van der Waals surface area contributed by atoms with Gasteiger partial charge in [0.25, 0.3) is 5.89 Å². The Bertz CT molecular complexity index is 1310. The first-order chi connectivity index (χ1) is 17.4. The Morgan fingerprint density at radius 3 is 2.47 bits per heavy atom. The van der Waals surface area contributed by atoms with Crippen LogP contribution in [0.1, 0.15) is 31.9 Å². The van der Waals surface area contributed by atoms with E-state index in [1.165, 1.54) is 6.20 Å². The summed E-state index contributed by atoms with van der Waals surface area (Å²) in [6.45, 7) is 7.94. The smallest absolute Gasteiger partial charge is 0.314 e. The van der Waals surface area contributed by atoms with Crippen LogP contribution in [0.15, 0.2) is 47.1 Å². The largest absolute Gasteiger partial charge is 0.415 e. The molecule has 0 amide bonds. The molecule has 4 aromatic rings. The SMILES string of the molecule is CC(C)N1CCN(c2cccc(-c3cn(Cc4ccc(-c5nnc(C(F)F)o5)cn4)nn3)c2F)CC1. The van der Waals surface area contributed by atoms with E-state index in [-0.39, 0.29) is 18.3 Å². The average molecular weight is 499 g/mol. The second-order valence-corrected chi connectivity index (χ2v) is 8.84. The molecule has 3 aromatic heterocycles. The Labute approximate surface area is 205 Å². The maximum atomic E-state index is 15.5. The van der Waals surface area contributed by atoms with E-state index >= 15 is 4.39 Å². The molecule has 188 valence electrons. The highest BCUT2D eigenvalue weighted by Crippen LogP contribution is 2.29. The summed E-state index contributed by atoms with van der Waals surface area (Å²) in [5, 5.41) is 15.2. The normalized spacial score (nSPS) is 14.8. The van der Waals surface area contributed by atoms with E-state index in [1.54, 1.807) is 35.1 Å². The zero-order valence-corrected chi connectivity index (χ0v) is 19.9. The molecule has 0 spiro atoms. The molecule has 0 atom stereocenters. The van der Waals surface area contributed by atoms with Gasteiger partial charge in [-0.2, -0.15) is 8.78 Å². The summed E-state index contributed by atoms with van der Waals surface area (Å²) < 4.78 is 47.3.